The van der Waals surface area contributed by atoms with Crippen LogP contribution in [-0.4, -0.2) is 6.71 Å². The maximum Gasteiger partial charge on any atom is 0.252 e. The molecule has 280 valence electrons. The summed E-state index contributed by atoms with van der Waals surface area (Å²) in [5.41, 5.74) is 17.0. The first-order valence-corrected chi connectivity index (χ1v) is 20.0. The van der Waals surface area contributed by atoms with Crippen molar-refractivity contribution in [2.75, 3.05) is 19.6 Å². The van der Waals surface area contributed by atoms with E-state index in [1.165, 1.54) is 33.5 Å². The number of rotatable bonds is 10. The molecule has 0 aliphatic carbocycles. The van der Waals surface area contributed by atoms with Crippen molar-refractivity contribution in [2.45, 2.75) is 0 Å². The standard InChI is InChI=1S/C54H41BN4/c1-3-21-40(4-2)56(41-22-9-5-10-23-41)45-30-19-31-46(38-45)57(42-24-11-6-12-25-42)47-36-37-49-53(39-47)59(44-28-15-8-16-29-44)52-35-20-34-51-54(52)55(49)48-32-17-18-33-50(48)58(51)43-26-13-7-14-27-43/h3-39H,1-2H2/b40-21+. The lowest BCUT2D eigenvalue weighted by Crippen LogP contribution is -2.61. The Morgan fingerprint density at radius 2 is 0.915 bits per heavy atom. The summed E-state index contributed by atoms with van der Waals surface area (Å²) in [7, 11) is 0. The van der Waals surface area contributed by atoms with Crippen LogP contribution in [0.1, 0.15) is 0 Å². The Hall–Kier alpha value is -7.76. The molecule has 0 saturated carbocycles. The molecular formula is C54H41BN4. The highest BCUT2D eigenvalue weighted by Crippen LogP contribution is 2.46. The van der Waals surface area contributed by atoms with Gasteiger partial charge in [0.2, 0.25) is 0 Å². The molecule has 5 heteroatoms. The average molecular weight is 757 g/mol. The number of hydrogen-bond acceptors (Lipinski definition) is 4. The number of hydrogen-bond donors (Lipinski definition) is 0. The smallest absolute Gasteiger partial charge is 0.252 e. The van der Waals surface area contributed by atoms with Gasteiger partial charge in [-0.05, 0) is 126 Å². The number of para-hydroxylation sites is 5. The van der Waals surface area contributed by atoms with Gasteiger partial charge in [0.15, 0.2) is 0 Å². The van der Waals surface area contributed by atoms with E-state index in [1.54, 1.807) is 0 Å². The summed E-state index contributed by atoms with van der Waals surface area (Å²) in [6.07, 6.45) is 5.68. The van der Waals surface area contributed by atoms with E-state index in [1.807, 2.05) is 24.3 Å². The minimum absolute atomic E-state index is 0.0308. The number of fused-ring (bicyclic) bond motifs is 4. The van der Waals surface area contributed by atoms with Gasteiger partial charge in [0.1, 0.15) is 0 Å². The van der Waals surface area contributed by atoms with Crippen LogP contribution >= 0.6 is 0 Å². The van der Waals surface area contributed by atoms with Crippen molar-refractivity contribution in [3.05, 3.63) is 243 Å². The SMILES string of the molecule is C=C/C=C(\C=C)N(c1ccccc1)c1cccc(N(c2ccccc2)c2ccc3c(c2)N(c2ccccc2)c2cccc4c2B3c2ccccc2N4c2ccccc2)c1. The van der Waals surface area contributed by atoms with E-state index in [0.717, 1.165) is 51.2 Å². The molecule has 2 aliphatic rings. The third-order valence-electron chi connectivity index (χ3n) is 11.3. The van der Waals surface area contributed by atoms with Crippen LogP contribution in [0.25, 0.3) is 0 Å². The minimum atomic E-state index is 0.0308. The molecule has 0 saturated heterocycles. The summed E-state index contributed by atoms with van der Waals surface area (Å²) in [5.74, 6) is 0. The van der Waals surface area contributed by atoms with Crippen molar-refractivity contribution in [1.29, 1.82) is 0 Å². The maximum absolute atomic E-state index is 4.17. The van der Waals surface area contributed by atoms with Gasteiger partial charge in [0, 0.05) is 68.3 Å². The fourth-order valence-electron chi connectivity index (χ4n) is 8.89. The van der Waals surface area contributed by atoms with Gasteiger partial charge in [-0.2, -0.15) is 0 Å². The van der Waals surface area contributed by atoms with Crippen LogP contribution in [0.15, 0.2) is 243 Å². The van der Waals surface area contributed by atoms with Crippen LogP contribution in [0.5, 0.6) is 0 Å². The van der Waals surface area contributed by atoms with E-state index in [0.29, 0.717) is 0 Å². The zero-order chi connectivity index (χ0) is 39.7. The molecule has 0 amide bonds. The predicted molar refractivity (Wildman–Crippen MR) is 252 cm³/mol. The fourth-order valence-corrected chi connectivity index (χ4v) is 8.89. The van der Waals surface area contributed by atoms with Crippen molar-refractivity contribution >= 4 is 85.7 Å². The second kappa shape index (κ2) is 15.3. The summed E-state index contributed by atoms with van der Waals surface area (Å²) in [6, 6.07) is 74.0. The highest BCUT2D eigenvalue weighted by atomic mass is 15.2. The largest absolute Gasteiger partial charge is 0.311 e. The molecule has 10 rings (SSSR count). The highest BCUT2D eigenvalue weighted by Gasteiger charge is 2.43. The van der Waals surface area contributed by atoms with Gasteiger partial charge in [0.25, 0.3) is 6.71 Å². The molecule has 0 bridgehead atoms. The molecule has 2 aliphatic heterocycles. The summed E-state index contributed by atoms with van der Waals surface area (Å²) >= 11 is 0. The first-order chi connectivity index (χ1) is 29.2. The Kier molecular flexibility index (Phi) is 9.24. The number of allylic oxidation sites excluding steroid dienone is 3. The Bertz CT molecular complexity index is 2840. The zero-order valence-electron chi connectivity index (χ0n) is 32.6. The van der Waals surface area contributed by atoms with Crippen LogP contribution in [0.3, 0.4) is 0 Å². The minimum Gasteiger partial charge on any atom is -0.311 e. The zero-order valence-corrected chi connectivity index (χ0v) is 32.6. The molecular weight excluding hydrogens is 715 g/mol. The molecule has 0 spiro atoms. The topological polar surface area (TPSA) is 13.0 Å². The maximum atomic E-state index is 4.17. The quantitative estimate of drug-likeness (QED) is 0.102. The summed E-state index contributed by atoms with van der Waals surface area (Å²) in [6.45, 7) is 8.21. The highest BCUT2D eigenvalue weighted by molar-refractivity contribution is 7.00. The van der Waals surface area contributed by atoms with Gasteiger partial charge in [0.05, 0.1) is 0 Å². The second-order valence-electron chi connectivity index (χ2n) is 14.7. The number of anilines is 11. The lowest BCUT2D eigenvalue weighted by Gasteiger charge is -2.44. The Morgan fingerprint density at radius 3 is 1.56 bits per heavy atom. The average Bonchev–Trinajstić information content (AvgIpc) is 3.30. The fraction of sp³-hybridized carbons (Fsp3) is 0. The third-order valence-corrected chi connectivity index (χ3v) is 11.3. The monoisotopic (exact) mass is 756 g/mol. The molecule has 59 heavy (non-hydrogen) atoms. The normalized spacial score (nSPS) is 12.5. The molecule has 0 fully saturated rings. The summed E-state index contributed by atoms with van der Waals surface area (Å²) < 4.78 is 0. The van der Waals surface area contributed by atoms with Crippen LogP contribution < -0.4 is 36.0 Å². The molecule has 0 atom stereocenters. The van der Waals surface area contributed by atoms with Gasteiger partial charge in [-0.25, -0.2) is 0 Å². The van der Waals surface area contributed by atoms with Gasteiger partial charge < -0.3 is 19.6 Å². The van der Waals surface area contributed by atoms with Crippen LogP contribution in [-0.2, 0) is 0 Å². The number of nitrogens with zero attached hydrogens (tertiary/aromatic N) is 4. The molecule has 8 aromatic carbocycles. The molecule has 0 radical (unpaired) electrons. The third kappa shape index (κ3) is 6.21. The Morgan fingerprint density at radius 1 is 0.424 bits per heavy atom. The Labute approximate surface area is 347 Å². The van der Waals surface area contributed by atoms with Gasteiger partial charge in [-0.15, -0.1) is 0 Å². The molecule has 0 unspecified atom stereocenters. The second-order valence-corrected chi connectivity index (χ2v) is 14.7. The molecule has 0 N–H and O–H groups in total. The van der Waals surface area contributed by atoms with Crippen LogP contribution in [0.4, 0.5) is 62.6 Å². The van der Waals surface area contributed by atoms with E-state index in [2.05, 4.69) is 233 Å². The van der Waals surface area contributed by atoms with Crippen molar-refractivity contribution in [2.24, 2.45) is 0 Å². The van der Waals surface area contributed by atoms with E-state index in [-0.39, 0.29) is 6.71 Å². The van der Waals surface area contributed by atoms with Gasteiger partial charge >= 0.3 is 0 Å². The van der Waals surface area contributed by atoms with E-state index < -0.39 is 0 Å². The molecule has 8 aromatic rings. The van der Waals surface area contributed by atoms with E-state index in [9.17, 15) is 0 Å². The summed E-state index contributed by atoms with van der Waals surface area (Å²) in [5, 5.41) is 0. The predicted octanol–water partition coefficient (Wildman–Crippen LogP) is 12.6. The first kappa shape index (κ1) is 35.6. The molecule has 2 heterocycles. The van der Waals surface area contributed by atoms with Gasteiger partial charge in [-0.1, -0.05) is 128 Å². The number of benzene rings is 8. The first-order valence-electron chi connectivity index (χ1n) is 20.0. The van der Waals surface area contributed by atoms with E-state index >= 15 is 0 Å². The van der Waals surface area contributed by atoms with Gasteiger partial charge in [-0.3, -0.25) is 0 Å². The lowest BCUT2D eigenvalue weighted by atomic mass is 9.33. The van der Waals surface area contributed by atoms with E-state index in [4.69, 9.17) is 0 Å². The van der Waals surface area contributed by atoms with Crippen molar-refractivity contribution < 1.29 is 0 Å². The lowest BCUT2D eigenvalue weighted by molar-refractivity contribution is 1.20. The van der Waals surface area contributed by atoms with Crippen LogP contribution in [0, 0.1) is 0 Å². The van der Waals surface area contributed by atoms with Crippen molar-refractivity contribution in [1.82, 2.24) is 0 Å². The van der Waals surface area contributed by atoms with Crippen molar-refractivity contribution in [3.8, 4) is 0 Å². The Balaban J connectivity index is 1.19. The molecule has 0 aromatic heterocycles. The summed E-state index contributed by atoms with van der Waals surface area (Å²) in [4.78, 5) is 9.47. The van der Waals surface area contributed by atoms with Crippen LogP contribution in [0.2, 0.25) is 0 Å². The molecule has 4 nitrogen and oxygen atoms in total. The van der Waals surface area contributed by atoms with Crippen molar-refractivity contribution in [3.63, 3.8) is 0 Å².